The van der Waals surface area contributed by atoms with Crippen molar-refractivity contribution in [3.63, 3.8) is 0 Å². The largest absolute Gasteiger partial charge is 0.445 e. The van der Waals surface area contributed by atoms with Gasteiger partial charge in [0.05, 0.1) is 12.6 Å². The van der Waals surface area contributed by atoms with Gasteiger partial charge in [-0.15, -0.1) is 0 Å². The molecule has 1 aromatic rings. The molecule has 2 N–H and O–H groups in total. The third kappa shape index (κ3) is 3.27. The predicted molar refractivity (Wildman–Crippen MR) is 71.8 cm³/mol. The Morgan fingerprint density at radius 1 is 1.40 bits per heavy atom. The Labute approximate surface area is 117 Å². The maximum Gasteiger partial charge on any atom is 0.410 e. The van der Waals surface area contributed by atoms with Crippen LogP contribution < -0.4 is 5.32 Å². The van der Waals surface area contributed by atoms with E-state index in [1.165, 1.54) is 11.9 Å². The first-order chi connectivity index (χ1) is 9.61. The number of aliphatic hydroxyl groups is 1. The lowest BCUT2D eigenvalue weighted by Gasteiger charge is -2.22. The maximum atomic E-state index is 12.0. The van der Waals surface area contributed by atoms with Crippen molar-refractivity contribution in [3.05, 3.63) is 35.9 Å². The molecule has 1 saturated heterocycles. The van der Waals surface area contributed by atoms with Gasteiger partial charge in [-0.25, -0.2) is 4.79 Å². The second-order valence-corrected chi connectivity index (χ2v) is 4.71. The van der Waals surface area contributed by atoms with Gasteiger partial charge in [0.2, 0.25) is 5.91 Å². The molecule has 1 aliphatic rings. The summed E-state index contributed by atoms with van der Waals surface area (Å²) in [4.78, 5) is 25.0. The molecule has 108 valence electrons. The van der Waals surface area contributed by atoms with Crippen LogP contribution in [0.3, 0.4) is 0 Å². The minimum Gasteiger partial charge on any atom is -0.445 e. The van der Waals surface area contributed by atoms with E-state index in [0.29, 0.717) is 0 Å². The van der Waals surface area contributed by atoms with Gasteiger partial charge in [-0.05, 0) is 5.56 Å². The summed E-state index contributed by atoms with van der Waals surface area (Å²) in [6.45, 7) is 0.262. The highest BCUT2D eigenvalue weighted by Gasteiger charge is 2.39. The van der Waals surface area contributed by atoms with Crippen molar-refractivity contribution in [2.75, 3.05) is 13.6 Å². The molecule has 1 fully saturated rings. The van der Waals surface area contributed by atoms with E-state index >= 15 is 0 Å². The van der Waals surface area contributed by atoms with Crippen LogP contribution in [0, 0.1) is 0 Å². The van der Waals surface area contributed by atoms with Gasteiger partial charge in [0, 0.05) is 13.5 Å². The number of ether oxygens (including phenoxy) is 1. The topological polar surface area (TPSA) is 78.9 Å². The fourth-order valence-corrected chi connectivity index (χ4v) is 2.23. The van der Waals surface area contributed by atoms with Gasteiger partial charge in [-0.1, -0.05) is 30.3 Å². The summed E-state index contributed by atoms with van der Waals surface area (Å²) in [6.07, 6.45) is -1.04. The molecule has 1 aromatic carbocycles. The highest BCUT2D eigenvalue weighted by Crippen LogP contribution is 2.19. The third-order valence-corrected chi connectivity index (χ3v) is 3.27. The van der Waals surface area contributed by atoms with Crippen molar-refractivity contribution in [2.24, 2.45) is 0 Å². The number of hydrogen-bond acceptors (Lipinski definition) is 4. The summed E-state index contributed by atoms with van der Waals surface area (Å²) in [6, 6.07) is 8.62. The number of β-amino-alcohol motifs (C(OH)–C–C–N with tert-alkyl or cyclic N) is 1. The molecule has 0 bridgehead atoms. The van der Waals surface area contributed by atoms with E-state index in [2.05, 4.69) is 5.32 Å². The van der Waals surface area contributed by atoms with Crippen molar-refractivity contribution in [1.82, 2.24) is 10.2 Å². The number of benzene rings is 1. The van der Waals surface area contributed by atoms with Crippen LogP contribution in [0.1, 0.15) is 12.0 Å². The standard InChI is InChI=1S/C14H18N2O4/c1-15-13(18)12-7-11(17)8-16(12)14(19)20-9-10-5-3-2-4-6-10/h2-6,11-12,17H,7-9H2,1H3,(H,15,18). The van der Waals surface area contributed by atoms with Crippen LogP contribution in [0.15, 0.2) is 30.3 Å². The van der Waals surface area contributed by atoms with Crippen LogP contribution in [0.5, 0.6) is 0 Å². The molecule has 6 heteroatoms. The van der Waals surface area contributed by atoms with Crippen LogP contribution in [-0.4, -0.2) is 47.7 Å². The van der Waals surface area contributed by atoms with Crippen molar-refractivity contribution in [1.29, 1.82) is 0 Å². The van der Waals surface area contributed by atoms with Crippen LogP contribution in [0.2, 0.25) is 0 Å². The zero-order chi connectivity index (χ0) is 14.5. The van der Waals surface area contributed by atoms with Crippen molar-refractivity contribution >= 4 is 12.0 Å². The van der Waals surface area contributed by atoms with Gasteiger partial charge in [0.25, 0.3) is 0 Å². The van der Waals surface area contributed by atoms with E-state index in [1.807, 2.05) is 30.3 Å². The lowest BCUT2D eigenvalue weighted by atomic mass is 10.2. The van der Waals surface area contributed by atoms with E-state index in [9.17, 15) is 14.7 Å². The van der Waals surface area contributed by atoms with E-state index in [0.717, 1.165) is 5.56 Å². The van der Waals surface area contributed by atoms with E-state index in [4.69, 9.17) is 4.74 Å². The Bertz CT molecular complexity index is 477. The average Bonchev–Trinajstić information content (AvgIpc) is 2.87. The molecule has 1 heterocycles. The fourth-order valence-electron chi connectivity index (χ4n) is 2.23. The smallest absolute Gasteiger partial charge is 0.410 e. The molecular formula is C14H18N2O4. The number of likely N-dealkylation sites (N-methyl/N-ethyl adjacent to an activating group) is 1. The van der Waals surface area contributed by atoms with Crippen LogP contribution in [-0.2, 0) is 16.1 Å². The van der Waals surface area contributed by atoms with Gasteiger partial charge in [0.1, 0.15) is 12.6 Å². The zero-order valence-electron chi connectivity index (χ0n) is 11.3. The number of carbonyl (C=O) groups is 2. The Morgan fingerprint density at radius 3 is 2.75 bits per heavy atom. The van der Waals surface area contributed by atoms with Gasteiger partial charge in [-0.2, -0.15) is 0 Å². The van der Waals surface area contributed by atoms with Gasteiger partial charge >= 0.3 is 6.09 Å². The average molecular weight is 278 g/mol. The van der Waals surface area contributed by atoms with Crippen LogP contribution >= 0.6 is 0 Å². The minimum absolute atomic E-state index is 0.117. The van der Waals surface area contributed by atoms with E-state index in [-0.39, 0.29) is 25.5 Å². The monoisotopic (exact) mass is 278 g/mol. The highest BCUT2D eigenvalue weighted by atomic mass is 16.6. The Hall–Kier alpha value is -2.08. The van der Waals surface area contributed by atoms with Crippen molar-refractivity contribution in [2.45, 2.75) is 25.2 Å². The number of hydrogen-bond donors (Lipinski definition) is 2. The molecule has 0 aromatic heterocycles. The fraction of sp³-hybridized carbons (Fsp3) is 0.429. The molecule has 2 atom stereocenters. The van der Waals surface area contributed by atoms with Crippen molar-refractivity contribution < 1.29 is 19.4 Å². The normalized spacial score (nSPS) is 21.6. The SMILES string of the molecule is CNC(=O)C1CC(O)CN1C(=O)OCc1ccccc1. The van der Waals surface area contributed by atoms with Crippen LogP contribution in [0.25, 0.3) is 0 Å². The quantitative estimate of drug-likeness (QED) is 0.844. The molecule has 2 rings (SSSR count). The molecule has 2 amide bonds. The van der Waals surface area contributed by atoms with Crippen LogP contribution in [0.4, 0.5) is 4.79 Å². The maximum absolute atomic E-state index is 12.0. The molecule has 0 aliphatic carbocycles. The Balaban J connectivity index is 1.95. The first kappa shape index (κ1) is 14.3. The summed E-state index contributed by atoms with van der Waals surface area (Å²) in [5, 5.41) is 12.1. The molecule has 6 nitrogen and oxygen atoms in total. The lowest BCUT2D eigenvalue weighted by Crippen LogP contribution is -2.45. The molecule has 2 unspecified atom stereocenters. The van der Waals surface area contributed by atoms with E-state index < -0.39 is 18.2 Å². The second kappa shape index (κ2) is 6.38. The lowest BCUT2D eigenvalue weighted by molar-refractivity contribution is -0.124. The number of nitrogens with one attached hydrogen (secondary N) is 1. The number of likely N-dealkylation sites (tertiary alicyclic amines) is 1. The number of nitrogens with zero attached hydrogens (tertiary/aromatic N) is 1. The predicted octanol–water partition coefficient (Wildman–Crippen LogP) is 0.504. The summed E-state index contributed by atoms with van der Waals surface area (Å²) in [5.41, 5.74) is 0.872. The molecular weight excluding hydrogens is 260 g/mol. The first-order valence-corrected chi connectivity index (χ1v) is 6.48. The number of rotatable bonds is 3. The summed E-state index contributed by atoms with van der Waals surface area (Å²) in [7, 11) is 1.50. The second-order valence-electron chi connectivity index (χ2n) is 4.71. The highest BCUT2D eigenvalue weighted by molar-refractivity contribution is 5.86. The number of carbonyl (C=O) groups excluding carboxylic acids is 2. The zero-order valence-corrected chi connectivity index (χ0v) is 11.3. The van der Waals surface area contributed by atoms with Crippen molar-refractivity contribution in [3.8, 4) is 0 Å². The molecule has 0 spiro atoms. The molecule has 20 heavy (non-hydrogen) atoms. The molecule has 0 saturated carbocycles. The summed E-state index contributed by atoms with van der Waals surface area (Å²) >= 11 is 0. The molecule has 0 radical (unpaired) electrons. The number of aliphatic hydroxyl groups excluding tert-OH is 1. The van der Waals surface area contributed by atoms with Gasteiger partial charge in [-0.3, -0.25) is 9.69 Å². The summed E-state index contributed by atoms with van der Waals surface area (Å²) in [5.74, 6) is -0.293. The van der Waals surface area contributed by atoms with Gasteiger partial charge in [0.15, 0.2) is 0 Å². The Kier molecular flexibility index (Phi) is 4.57. The Morgan fingerprint density at radius 2 is 2.10 bits per heavy atom. The van der Waals surface area contributed by atoms with Gasteiger partial charge < -0.3 is 15.2 Å². The molecule has 1 aliphatic heterocycles. The first-order valence-electron chi connectivity index (χ1n) is 6.48. The summed E-state index contributed by atoms with van der Waals surface area (Å²) < 4.78 is 5.18. The van der Waals surface area contributed by atoms with E-state index in [1.54, 1.807) is 0 Å². The number of amides is 2. The minimum atomic E-state index is -0.693. The third-order valence-electron chi connectivity index (χ3n) is 3.27.